The van der Waals surface area contributed by atoms with Gasteiger partial charge in [-0.15, -0.1) is 0 Å². The van der Waals surface area contributed by atoms with E-state index in [2.05, 4.69) is 17.6 Å². The number of nitrogens with one attached hydrogen (secondary N) is 2. The van der Waals surface area contributed by atoms with Crippen molar-refractivity contribution in [3.63, 3.8) is 0 Å². The number of aliphatic hydroxyl groups excluding tert-OH is 1. The van der Waals surface area contributed by atoms with Crippen molar-refractivity contribution in [2.75, 3.05) is 46.1 Å². The van der Waals surface area contributed by atoms with Gasteiger partial charge in [-0.1, -0.05) is 43.2 Å². The van der Waals surface area contributed by atoms with E-state index in [1.54, 1.807) is 6.92 Å². The molecule has 49 heavy (non-hydrogen) atoms. The molecular weight excluding hydrogens is 630 g/mol. The average molecular weight is 692 g/mol. The minimum atomic E-state index is -0.895. The number of nitrogens with two attached hydrogens (primary N) is 2. The van der Waals surface area contributed by atoms with Gasteiger partial charge in [0.25, 0.3) is 0 Å². The van der Waals surface area contributed by atoms with Gasteiger partial charge < -0.3 is 46.4 Å². The van der Waals surface area contributed by atoms with E-state index in [0.717, 1.165) is 50.6 Å². The molecule has 3 amide bonds. The molecular formula is C36H61N5O8. The van der Waals surface area contributed by atoms with Gasteiger partial charge in [-0.3, -0.25) is 19.2 Å². The van der Waals surface area contributed by atoms with Crippen LogP contribution in [0.3, 0.4) is 0 Å². The number of unbranched alkanes of at least 4 members (excludes halogenated alkanes) is 2. The van der Waals surface area contributed by atoms with Crippen LogP contribution in [0.25, 0.3) is 0 Å². The number of aliphatic hydroxyl groups is 1. The van der Waals surface area contributed by atoms with Crippen molar-refractivity contribution in [1.29, 1.82) is 0 Å². The fourth-order valence-corrected chi connectivity index (χ4v) is 5.29. The number of hydrogen-bond donors (Lipinski definition) is 5. The Bertz CT molecular complexity index is 1120. The number of carbonyl (C=O) groups excluding carboxylic acids is 5. The number of rotatable bonds is 23. The van der Waals surface area contributed by atoms with Crippen LogP contribution in [0, 0.1) is 5.92 Å². The van der Waals surface area contributed by atoms with Crippen LogP contribution in [0.15, 0.2) is 30.3 Å². The molecule has 0 spiro atoms. The monoisotopic (exact) mass is 691 g/mol. The minimum absolute atomic E-state index is 0.103. The van der Waals surface area contributed by atoms with Gasteiger partial charge in [-0.25, -0.2) is 0 Å². The Balaban J connectivity index is 0.000000564. The number of amides is 3. The summed E-state index contributed by atoms with van der Waals surface area (Å²) >= 11 is 0. The lowest BCUT2D eigenvalue weighted by molar-refractivity contribution is -0.133. The van der Waals surface area contributed by atoms with Gasteiger partial charge in [0.2, 0.25) is 17.7 Å². The van der Waals surface area contributed by atoms with Crippen LogP contribution in [0.5, 0.6) is 0 Å². The van der Waals surface area contributed by atoms with E-state index in [1.807, 2.05) is 42.2 Å². The van der Waals surface area contributed by atoms with Gasteiger partial charge in [-0.2, -0.15) is 0 Å². The molecule has 1 aromatic carbocycles. The zero-order chi connectivity index (χ0) is 36.6. The van der Waals surface area contributed by atoms with Crippen molar-refractivity contribution in [2.24, 2.45) is 17.4 Å². The number of benzene rings is 1. The molecule has 0 unspecified atom stereocenters. The molecule has 1 fully saturated rings. The zero-order valence-electron chi connectivity index (χ0n) is 30.0. The summed E-state index contributed by atoms with van der Waals surface area (Å²) in [4.78, 5) is 61.7. The fraction of sp³-hybridized carbons (Fsp3) is 0.694. The Kier molecular flexibility index (Phi) is 23.0. The van der Waals surface area contributed by atoms with Crippen LogP contribution in [0.4, 0.5) is 0 Å². The van der Waals surface area contributed by atoms with Gasteiger partial charge >= 0.3 is 0 Å². The first kappa shape index (κ1) is 43.8. The maximum atomic E-state index is 12.4. The second kappa shape index (κ2) is 25.7. The van der Waals surface area contributed by atoms with Crippen molar-refractivity contribution in [2.45, 2.75) is 110 Å². The summed E-state index contributed by atoms with van der Waals surface area (Å²) in [5.41, 5.74) is 12.8. The summed E-state index contributed by atoms with van der Waals surface area (Å²) in [7, 11) is 0. The smallest absolute Gasteiger partial charge is 0.239 e. The number of likely N-dealkylation sites (tertiary alicyclic amines) is 1. The number of nitrogens with zero attached hydrogens (tertiary/aromatic N) is 1. The summed E-state index contributed by atoms with van der Waals surface area (Å²) in [5, 5.41) is 14.7. The second-order valence-electron chi connectivity index (χ2n) is 12.6. The van der Waals surface area contributed by atoms with Crippen molar-refractivity contribution in [3.05, 3.63) is 35.9 Å². The molecule has 1 aliphatic rings. The van der Waals surface area contributed by atoms with E-state index in [1.165, 1.54) is 6.92 Å². The van der Waals surface area contributed by atoms with Gasteiger partial charge in [0.05, 0.1) is 50.5 Å². The SMILES string of the molecule is CC(=O)CCCCC[C@H](N)C(=O)N1CCC[C@H]1C.CCOCCOCCNC(=O)[C@H](CO)CC(=O)[C@@H](C)NC(=O)[C@@H](N)Cc1ccccc1. The molecule has 0 aromatic heterocycles. The first-order chi connectivity index (χ1) is 23.4. The standard InChI is InChI=1S/C22H35N3O6.C14H26N2O2/c1-3-30-11-12-31-10-9-24-21(28)18(15-26)14-20(27)16(2)25-22(29)19(23)13-17-7-5-4-6-8-17;1-11-7-6-10-16(11)14(18)13(15)9-5-3-4-8-12(2)17/h4-8,16,18-19,26H,3,9-15,23H2,1-2H3,(H,24,28)(H,25,29);11,13H,3-10,15H2,1-2H3/t16-,18+,19+;11-,13+/m11/s1. The summed E-state index contributed by atoms with van der Waals surface area (Å²) < 4.78 is 10.4. The molecule has 7 N–H and O–H groups in total. The highest BCUT2D eigenvalue weighted by Crippen LogP contribution is 2.18. The maximum Gasteiger partial charge on any atom is 0.239 e. The van der Waals surface area contributed by atoms with Crippen LogP contribution in [0.2, 0.25) is 0 Å². The Morgan fingerprint density at radius 2 is 1.67 bits per heavy atom. The van der Waals surface area contributed by atoms with Crippen molar-refractivity contribution in [1.82, 2.24) is 15.5 Å². The van der Waals surface area contributed by atoms with Crippen molar-refractivity contribution in [3.8, 4) is 0 Å². The molecule has 1 saturated heterocycles. The Labute approximate surface area is 292 Å². The Hall–Kier alpha value is -3.23. The highest BCUT2D eigenvalue weighted by molar-refractivity contribution is 5.93. The van der Waals surface area contributed by atoms with Crippen LogP contribution < -0.4 is 22.1 Å². The van der Waals surface area contributed by atoms with E-state index < -0.39 is 36.4 Å². The molecule has 13 nitrogen and oxygen atoms in total. The Morgan fingerprint density at radius 3 is 2.29 bits per heavy atom. The quantitative estimate of drug-likeness (QED) is 0.105. The fourth-order valence-electron chi connectivity index (χ4n) is 5.29. The molecule has 1 aliphatic heterocycles. The van der Waals surface area contributed by atoms with Gasteiger partial charge in [0.1, 0.15) is 5.78 Å². The normalized spacial score (nSPS) is 16.5. The van der Waals surface area contributed by atoms with E-state index in [-0.39, 0.29) is 36.5 Å². The van der Waals surface area contributed by atoms with Gasteiger partial charge in [-0.05, 0) is 65.4 Å². The van der Waals surface area contributed by atoms with Crippen LogP contribution >= 0.6 is 0 Å². The maximum absolute atomic E-state index is 12.4. The lowest BCUT2D eigenvalue weighted by Gasteiger charge is -2.24. The first-order valence-corrected chi connectivity index (χ1v) is 17.6. The van der Waals surface area contributed by atoms with Gasteiger partial charge in [0, 0.05) is 38.6 Å². The molecule has 2 rings (SSSR count). The number of ketones is 2. The lowest BCUT2D eigenvalue weighted by Crippen LogP contribution is -2.48. The molecule has 278 valence electrons. The molecule has 0 saturated carbocycles. The average Bonchev–Trinajstić information content (AvgIpc) is 3.51. The third kappa shape index (κ3) is 18.9. The van der Waals surface area contributed by atoms with E-state index >= 15 is 0 Å². The number of hydrogen-bond acceptors (Lipinski definition) is 10. The number of carbonyl (C=O) groups is 5. The Morgan fingerprint density at radius 1 is 0.980 bits per heavy atom. The molecule has 1 aromatic rings. The lowest BCUT2D eigenvalue weighted by atomic mass is 9.98. The molecule has 0 aliphatic carbocycles. The second-order valence-corrected chi connectivity index (χ2v) is 12.6. The summed E-state index contributed by atoms with van der Waals surface area (Å²) in [6.07, 6.45) is 6.56. The summed E-state index contributed by atoms with van der Waals surface area (Å²) in [6, 6.07) is 7.71. The predicted molar refractivity (Wildman–Crippen MR) is 188 cm³/mol. The molecule has 1 heterocycles. The molecule has 5 atom stereocenters. The molecule has 13 heteroatoms. The highest BCUT2D eigenvalue weighted by atomic mass is 16.5. The molecule has 0 radical (unpaired) electrons. The van der Waals surface area contributed by atoms with Crippen LogP contribution in [0.1, 0.15) is 84.6 Å². The predicted octanol–water partition coefficient (Wildman–Crippen LogP) is 1.66. The minimum Gasteiger partial charge on any atom is -0.396 e. The summed E-state index contributed by atoms with van der Waals surface area (Å²) in [6.45, 7) is 9.60. The van der Waals surface area contributed by atoms with Crippen LogP contribution in [-0.4, -0.2) is 110 Å². The number of ether oxygens (including phenoxy) is 2. The summed E-state index contributed by atoms with van der Waals surface area (Å²) in [5.74, 6) is -1.80. The van der Waals surface area contributed by atoms with Crippen molar-refractivity contribution >= 4 is 29.3 Å². The van der Waals surface area contributed by atoms with Crippen LogP contribution in [-0.2, 0) is 39.9 Å². The third-order valence-electron chi connectivity index (χ3n) is 8.33. The van der Waals surface area contributed by atoms with Crippen molar-refractivity contribution < 1.29 is 38.6 Å². The largest absolute Gasteiger partial charge is 0.396 e. The number of Topliss-reactive ketones (excluding diaryl/α,β-unsaturated/α-hetero) is 2. The van der Waals surface area contributed by atoms with E-state index in [0.29, 0.717) is 45.3 Å². The zero-order valence-corrected chi connectivity index (χ0v) is 30.0. The van der Waals surface area contributed by atoms with E-state index in [9.17, 15) is 29.1 Å². The highest BCUT2D eigenvalue weighted by Gasteiger charge is 2.28. The van der Waals surface area contributed by atoms with Gasteiger partial charge in [0.15, 0.2) is 5.78 Å². The molecule has 0 bridgehead atoms. The first-order valence-electron chi connectivity index (χ1n) is 17.6. The topological polar surface area (TPSA) is 203 Å². The van der Waals surface area contributed by atoms with E-state index in [4.69, 9.17) is 20.9 Å². The third-order valence-corrected chi connectivity index (χ3v) is 8.33.